The predicted octanol–water partition coefficient (Wildman–Crippen LogP) is -0.310. The third-order valence-electron chi connectivity index (χ3n) is 2.67. The summed E-state index contributed by atoms with van der Waals surface area (Å²) in [5.41, 5.74) is 0. The quantitative estimate of drug-likeness (QED) is 0.464. The third-order valence-corrected chi connectivity index (χ3v) is 2.67. The first-order valence-electron chi connectivity index (χ1n) is 6.47. The van der Waals surface area contributed by atoms with E-state index in [1.807, 2.05) is 13.8 Å². The standard InChI is InChI=1S/C12H23N3O5/c1-4-8(2)15-10(16)5-6-13-12(19)14-7-9(20-3)11(17)18/h8-9H,4-7H2,1-3H3,(H,15,16)(H,17,18)(H2,13,14,19). The van der Waals surface area contributed by atoms with Crippen LogP contribution in [-0.4, -0.2) is 55.4 Å². The smallest absolute Gasteiger partial charge is 0.334 e. The fourth-order valence-corrected chi connectivity index (χ4v) is 1.26. The van der Waals surface area contributed by atoms with E-state index in [1.54, 1.807) is 0 Å². The van der Waals surface area contributed by atoms with Crippen LogP contribution in [0.2, 0.25) is 0 Å². The fraction of sp³-hybridized carbons (Fsp3) is 0.750. The molecule has 20 heavy (non-hydrogen) atoms. The lowest BCUT2D eigenvalue weighted by atomic mass is 10.2. The molecular formula is C12H23N3O5. The second-order valence-electron chi connectivity index (χ2n) is 4.33. The highest BCUT2D eigenvalue weighted by Gasteiger charge is 2.16. The molecule has 0 bridgehead atoms. The van der Waals surface area contributed by atoms with Crippen LogP contribution in [0.5, 0.6) is 0 Å². The van der Waals surface area contributed by atoms with Crippen molar-refractivity contribution in [1.82, 2.24) is 16.0 Å². The molecule has 0 aliphatic carbocycles. The lowest BCUT2D eigenvalue weighted by Gasteiger charge is -2.13. The second-order valence-corrected chi connectivity index (χ2v) is 4.33. The van der Waals surface area contributed by atoms with Gasteiger partial charge in [0.2, 0.25) is 5.91 Å². The maximum Gasteiger partial charge on any atom is 0.334 e. The Balaban J connectivity index is 3.78. The molecule has 3 amide bonds. The van der Waals surface area contributed by atoms with Crippen LogP contribution in [0.3, 0.4) is 0 Å². The summed E-state index contributed by atoms with van der Waals surface area (Å²) in [4.78, 5) is 33.4. The van der Waals surface area contributed by atoms with Gasteiger partial charge in [0.25, 0.3) is 0 Å². The molecule has 0 fully saturated rings. The Kier molecular flexibility index (Phi) is 9.10. The van der Waals surface area contributed by atoms with Crippen molar-refractivity contribution in [1.29, 1.82) is 0 Å². The summed E-state index contributed by atoms with van der Waals surface area (Å²) in [7, 11) is 1.25. The van der Waals surface area contributed by atoms with Crippen LogP contribution in [0.15, 0.2) is 0 Å². The molecule has 0 saturated carbocycles. The molecule has 0 heterocycles. The van der Waals surface area contributed by atoms with Gasteiger partial charge >= 0.3 is 12.0 Å². The summed E-state index contributed by atoms with van der Waals surface area (Å²) < 4.78 is 4.65. The number of rotatable bonds is 9. The third kappa shape index (κ3) is 8.30. The molecule has 0 spiro atoms. The molecule has 0 aliphatic rings. The number of carboxylic acid groups (broad SMARTS) is 1. The maximum absolute atomic E-state index is 11.4. The molecule has 4 N–H and O–H groups in total. The number of hydrogen-bond donors (Lipinski definition) is 4. The summed E-state index contributed by atoms with van der Waals surface area (Å²) >= 11 is 0. The van der Waals surface area contributed by atoms with Crippen molar-refractivity contribution in [2.75, 3.05) is 20.2 Å². The van der Waals surface area contributed by atoms with Gasteiger partial charge in [-0.15, -0.1) is 0 Å². The van der Waals surface area contributed by atoms with Crippen LogP contribution in [0.4, 0.5) is 4.79 Å². The zero-order chi connectivity index (χ0) is 15.5. The van der Waals surface area contributed by atoms with Crippen molar-refractivity contribution in [2.45, 2.75) is 38.8 Å². The van der Waals surface area contributed by atoms with E-state index >= 15 is 0 Å². The average Bonchev–Trinajstić information content (AvgIpc) is 2.38. The lowest BCUT2D eigenvalue weighted by molar-refractivity contribution is -0.148. The molecule has 0 saturated heterocycles. The number of aliphatic carboxylic acids is 1. The van der Waals surface area contributed by atoms with E-state index in [2.05, 4.69) is 20.7 Å². The number of methoxy groups -OCH3 is 1. The van der Waals surface area contributed by atoms with Gasteiger partial charge in [-0.2, -0.15) is 0 Å². The lowest BCUT2D eigenvalue weighted by Crippen LogP contribution is -2.43. The van der Waals surface area contributed by atoms with Gasteiger partial charge < -0.3 is 25.8 Å². The van der Waals surface area contributed by atoms with Crippen LogP contribution >= 0.6 is 0 Å². The van der Waals surface area contributed by atoms with Gasteiger partial charge in [0.1, 0.15) is 0 Å². The molecule has 8 nitrogen and oxygen atoms in total. The Morgan fingerprint density at radius 2 is 1.90 bits per heavy atom. The van der Waals surface area contributed by atoms with E-state index in [-0.39, 0.29) is 31.5 Å². The Bertz CT molecular complexity index is 335. The molecule has 0 aromatic carbocycles. The molecule has 2 unspecified atom stereocenters. The first-order chi connectivity index (χ1) is 9.40. The summed E-state index contributed by atoms with van der Waals surface area (Å²) in [6.45, 7) is 3.90. The molecule has 8 heteroatoms. The van der Waals surface area contributed by atoms with E-state index in [1.165, 1.54) is 7.11 Å². The fourth-order valence-electron chi connectivity index (χ4n) is 1.26. The van der Waals surface area contributed by atoms with E-state index < -0.39 is 18.1 Å². The van der Waals surface area contributed by atoms with Gasteiger partial charge in [0.15, 0.2) is 6.10 Å². The van der Waals surface area contributed by atoms with Crippen LogP contribution in [0.25, 0.3) is 0 Å². The number of hydrogen-bond acceptors (Lipinski definition) is 4. The highest BCUT2D eigenvalue weighted by Crippen LogP contribution is 1.89. The van der Waals surface area contributed by atoms with Gasteiger partial charge in [-0.05, 0) is 13.3 Å². The van der Waals surface area contributed by atoms with Crippen LogP contribution in [0, 0.1) is 0 Å². The summed E-state index contributed by atoms with van der Waals surface area (Å²) in [6, 6.07) is -0.431. The molecule has 0 rings (SSSR count). The van der Waals surface area contributed by atoms with Gasteiger partial charge in [-0.25, -0.2) is 9.59 Å². The number of nitrogens with one attached hydrogen (secondary N) is 3. The van der Waals surface area contributed by atoms with E-state index in [0.717, 1.165) is 6.42 Å². The maximum atomic E-state index is 11.4. The highest BCUT2D eigenvalue weighted by molar-refractivity contribution is 5.79. The molecule has 0 aliphatic heterocycles. The Labute approximate surface area is 118 Å². The van der Waals surface area contributed by atoms with E-state index in [4.69, 9.17) is 5.11 Å². The average molecular weight is 289 g/mol. The van der Waals surface area contributed by atoms with Crippen molar-refractivity contribution in [3.05, 3.63) is 0 Å². The van der Waals surface area contributed by atoms with Crippen molar-refractivity contribution >= 4 is 17.9 Å². The Morgan fingerprint density at radius 1 is 1.25 bits per heavy atom. The van der Waals surface area contributed by atoms with Gasteiger partial charge in [-0.1, -0.05) is 6.92 Å². The number of carbonyl (C=O) groups is 3. The molecule has 2 atom stereocenters. The largest absolute Gasteiger partial charge is 0.479 e. The van der Waals surface area contributed by atoms with Gasteiger partial charge in [0.05, 0.1) is 6.54 Å². The topological polar surface area (TPSA) is 117 Å². The Hall–Kier alpha value is -1.83. The molecular weight excluding hydrogens is 266 g/mol. The van der Waals surface area contributed by atoms with Crippen LogP contribution in [0.1, 0.15) is 26.7 Å². The summed E-state index contributed by atoms with van der Waals surface area (Å²) in [5.74, 6) is -1.29. The van der Waals surface area contributed by atoms with Crippen LogP contribution in [-0.2, 0) is 14.3 Å². The number of ether oxygens (including phenoxy) is 1. The normalized spacial score (nSPS) is 13.2. The van der Waals surface area contributed by atoms with E-state index in [0.29, 0.717) is 0 Å². The number of carboxylic acids is 1. The summed E-state index contributed by atoms with van der Waals surface area (Å²) in [5, 5.41) is 16.3. The number of carbonyl (C=O) groups excluding carboxylic acids is 2. The molecule has 116 valence electrons. The zero-order valence-electron chi connectivity index (χ0n) is 12.1. The molecule has 0 aromatic rings. The van der Waals surface area contributed by atoms with Crippen molar-refractivity contribution in [3.8, 4) is 0 Å². The highest BCUT2D eigenvalue weighted by atomic mass is 16.5. The number of amides is 3. The minimum atomic E-state index is -1.15. The molecule has 0 radical (unpaired) electrons. The zero-order valence-corrected chi connectivity index (χ0v) is 12.1. The van der Waals surface area contributed by atoms with Crippen molar-refractivity contribution in [2.24, 2.45) is 0 Å². The minimum Gasteiger partial charge on any atom is -0.479 e. The van der Waals surface area contributed by atoms with Gasteiger partial charge in [0, 0.05) is 26.1 Å². The van der Waals surface area contributed by atoms with Crippen molar-refractivity contribution < 1.29 is 24.2 Å². The Morgan fingerprint density at radius 3 is 2.40 bits per heavy atom. The predicted molar refractivity (Wildman–Crippen MR) is 72.3 cm³/mol. The van der Waals surface area contributed by atoms with E-state index in [9.17, 15) is 14.4 Å². The summed E-state index contributed by atoms with van der Waals surface area (Å²) in [6.07, 6.45) is -0.0769. The van der Waals surface area contributed by atoms with Crippen LogP contribution < -0.4 is 16.0 Å². The van der Waals surface area contributed by atoms with Gasteiger partial charge in [-0.3, -0.25) is 4.79 Å². The minimum absolute atomic E-state index is 0.106. The first-order valence-corrected chi connectivity index (χ1v) is 6.47. The molecule has 0 aromatic heterocycles. The van der Waals surface area contributed by atoms with Crippen molar-refractivity contribution in [3.63, 3.8) is 0 Å². The second kappa shape index (κ2) is 10.0. The first kappa shape index (κ1) is 18.2. The SMILES string of the molecule is CCC(C)NC(=O)CCNC(=O)NCC(OC)C(=O)O. The monoisotopic (exact) mass is 289 g/mol. The number of urea groups is 1.